The lowest BCUT2D eigenvalue weighted by Gasteiger charge is -2.28. The van der Waals surface area contributed by atoms with Crippen LogP contribution in [0.15, 0.2) is 122 Å². The monoisotopic (exact) mass is 736 g/mol. The van der Waals surface area contributed by atoms with Gasteiger partial charge in [0.05, 0.1) is 11.9 Å². The quantitative estimate of drug-likeness (QED) is 0.160. The van der Waals surface area contributed by atoms with E-state index in [1.165, 1.54) is 11.9 Å². The molecule has 2 aromatic heterocycles. The number of aromatic nitrogens is 4. The van der Waals surface area contributed by atoms with Crippen molar-refractivity contribution >= 4 is 22.9 Å². The van der Waals surface area contributed by atoms with Crippen LogP contribution in [0.2, 0.25) is 0 Å². The Morgan fingerprint density at radius 2 is 1.58 bits per heavy atom. The number of aryl methyl sites for hydroxylation is 1. The van der Waals surface area contributed by atoms with Crippen LogP contribution in [0, 0.1) is 6.92 Å². The third-order valence-corrected chi connectivity index (χ3v) is 10.1. The standard InChI is InChI=1S/C43H40N6O6/c1-26-16-18-27(19-17-26)21-28-22-31(35-33(23-28)52-43(55-35,29-11-6-4-7-12-29)30-13-8-5-9-14-30)40(50)45-20-10-15-32-36-37(54-42(2,3)53-36)41(51-32)49-25-48-34-38(44)46-24-47-39(34)49/h4-19,22-25,32,36-37,41H,20-21H2,1-3H3,(H,45,50)(H2,44,46,47)/b15-10+/t32-,36?,37+,41-/m1/s1. The highest BCUT2D eigenvalue weighted by molar-refractivity contribution is 5.98. The van der Waals surface area contributed by atoms with E-state index in [0.717, 1.165) is 22.3 Å². The van der Waals surface area contributed by atoms with E-state index >= 15 is 0 Å². The summed E-state index contributed by atoms with van der Waals surface area (Å²) >= 11 is 0. The molecule has 6 aromatic rings. The number of nitrogen functional groups attached to an aromatic ring is 1. The van der Waals surface area contributed by atoms with Gasteiger partial charge in [0, 0.05) is 17.7 Å². The maximum Gasteiger partial charge on any atom is 0.305 e. The van der Waals surface area contributed by atoms with E-state index < -0.39 is 36.1 Å². The predicted molar refractivity (Wildman–Crippen MR) is 204 cm³/mol. The Bertz CT molecular complexity index is 2360. The number of hydrogen-bond acceptors (Lipinski definition) is 10. The van der Waals surface area contributed by atoms with Crippen LogP contribution in [0.4, 0.5) is 5.82 Å². The number of carbonyl (C=O) groups is 1. The summed E-state index contributed by atoms with van der Waals surface area (Å²) in [6, 6.07) is 31.8. The summed E-state index contributed by atoms with van der Waals surface area (Å²) in [5, 5.41) is 3.07. The lowest BCUT2D eigenvalue weighted by Crippen LogP contribution is -2.37. The summed E-state index contributed by atoms with van der Waals surface area (Å²) in [5.41, 5.74) is 12.3. The molecule has 0 spiro atoms. The molecule has 4 aromatic carbocycles. The van der Waals surface area contributed by atoms with Gasteiger partial charge in [0.1, 0.15) is 30.2 Å². The summed E-state index contributed by atoms with van der Waals surface area (Å²) in [6.45, 7) is 6.02. The van der Waals surface area contributed by atoms with E-state index in [0.29, 0.717) is 34.6 Å². The molecule has 9 rings (SSSR count). The average Bonchev–Trinajstić information content (AvgIpc) is 3.96. The second-order valence-corrected chi connectivity index (χ2v) is 14.5. The summed E-state index contributed by atoms with van der Waals surface area (Å²) in [7, 11) is 0. The van der Waals surface area contributed by atoms with Gasteiger partial charge in [0.2, 0.25) is 0 Å². The Balaban J connectivity index is 0.989. The topological polar surface area (TPSA) is 145 Å². The lowest BCUT2D eigenvalue weighted by atomic mass is 9.97. The molecule has 3 N–H and O–H groups in total. The predicted octanol–water partition coefficient (Wildman–Crippen LogP) is 6.38. The van der Waals surface area contributed by atoms with Crippen LogP contribution in [0.1, 0.15) is 58.3 Å². The van der Waals surface area contributed by atoms with Crippen molar-refractivity contribution in [2.75, 3.05) is 12.3 Å². The number of hydrogen-bond donors (Lipinski definition) is 2. The smallest absolute Gasteiger partial charge is 0.305 e. The molecule has 12 nitrogen and oxygen atoms in total. The van der Waals surface area contributed by atoms with Gasteiger partial charge < -0.3 is 34.7 Å². The minimum Gasteiger partial charge on any atom is -0.440 e. The number of benzene rings is 4. The number of anilines is 1. The number of carbonyl (C=O) groups excluding carboxylic acids is 1. The second kappa shape index (κ2) is 13.6. The number of rotatable bonds is 9. The van der Waals surface area contributed by atoms with Crippen molar-refractivity contribution in [2.45, 2.75) is 63.3 Å². The first-order valence-electron chi connectivity index (χ1n) is 18.3. The fourth-order valence-corrected chi connectivity index (χ4v) is 7.58. The average molecular weight is 737 g/mol. The number of fused-ring (bicyclic) bond motifs is 3. The molecular weight excluding hydrogens is 697 g/mol. The van der Waals surface area contributed by atoms with Crippen LogP contribution in [-0.2, 0) is 26.4 Å². The summed E-state index contributed by atoms with van der Waals surface area (Å²) in [4.78, 5) is 27.0. The van der Waals surface area contributed by atoms with Crippen molar-refractivity contribution in [3.05, 3.63) is 155 Å². The van der Waals surface area contributed by atoms with Crippen molar-refractivity contribution in [1.29, 1.82) is 0 Å². The van der Waals surface area contributed by atoms with E-state index in [1.54, 1.807) is 10.9 Å². The molecule has 1 unspecified atom stereocenters. The number of nitrogens with zero attached hydrogens (tertiary/aromatic N) is 4. The molecule has 0 aliphatic carbocycles. The van der Waals surface area contributed by atoms with E-state index in [4.69, 9.17) is 29.4 Å². The van der Waals surface area contributed by atoms with Gasteiger partial charge >= 0.3 is 5.79 Å². The van der Waals surface area contributed by atoms with Gasteiger partial charge in [-0.15, -0.1) is 0 Å². The van der Waals surface area contributed by atoms with Crippen LogP contribution in [0.3, 0.4) is 0 Å². The summed E-state index contributed by atoms with van der Waals surface area (Å²) in [5.74, 6) is -1.27. The van der Waals surface area contributed by atoms with Crippen molar-refractivity contribution in [3.63, 3.8) is 0 Å². The molecule has 3 aliphatic heterocycles. The van der Waals surface area contributed by atoms with Crippen LogP contribution in [-0.4, -0.2) is 56.1 Å². The third-order valence-electron chi connectivity index (χ3n) is 10.1. The first kappa shape index (κ1) is 34.7. The summed E-state index contributed by atoms with van der Waals surface area (Å²) < 4.78 is 34.5. The summed E-state index contributed by atoms with van der Waals surface area (Å²) in [6.07, 6.45) is 5.44. The molecular formula is C43H40N6O6. The second-order valence-electron chi connectivity index (χ2n) is 14.5. The molecule has 278 valence electrons. The Morgan fingerprint density at radius 3 is 2.31 bits per heavy atom. The van der Waals surface area contributed by atoms with E-state index in [9.17, 15) is 4.79 Å². The number of imidazole rings is 1. The largest absolute Gasteiger partial charge is 0.440 e. The molecule has 0 radical (unpaired) electrons. The zero-order valence-corrected chi connectivity index (χ0v) is 30.6. The zero-order chi connectivity index (χ0) is 37.7. The molecule has 2 fully saturated rings. The van der Waals surface area contributed by atoms with Gasteiger partial charge in [0.25, 0.3) is 5.91 Å². The molecule has 4 atom stereocenters. The number of amides is 1. The molecule has 55 heavy (non-hydrogen) atoms. The van der Waals surface area contributed by atoms with Crippen molar-refractivity contribution in [2.24, 2.45) is 0 Å². The number of nitrogens with one attached hydrogen (secondary N) is 1. The van der Waals surface area contributed by atoms with Gasteiger partial charge in [0.15, 0.2) is 35.0 Å². The van der Waals surface area contributed by atoms with Crippen LogP contribution in [0.25, 0.3) is 11.2 Å². The molecule has 3 aliphatic rings. The van der Waals surface area contributed by atoms with E-state index in [2.05, 4.69) is 51.5 Å². The normalized spacial score (nSPS) is 21.9. The first-order valence-corrected chi connectivity index (χ1v) is 18.3. The zero-order valence-electron chi connectivity index (χ0n) is 30.6. The SMILES string of the molecule is Cc1ccc(Cc2cc3c(c(C(=O)NC/C=C/[C@H]4O[C@@H](n5cnc6c(N)ncnc65)[C@H]5OC(C)(C)OC45)c2)OC(c2ccccc2)(c2ccccc2)O3)cc1. The minimum atomic E-state index is -1.29. The van der Waals surface area contributed by atoms with Gasteiger partial charge in [-0.25, -0.2) is 15.0 Å². The maximum absolute atomic E-state index is 14.2. The molecule has 0 saturated carbocycles. The highest BCUT2D eigenvalue weighted by atomic mass is 16.8. The molecule has 2 saturated heterocycles. The van der Waals surface area contributed by atoms with E-state index in [-0.39, 0.29) is 18.3 Å². The molecule has 1 amide bonds. The van der Waals surface area contributed by atoms with Gasteiger partial charge in [-0.2, -0.15) is 0 Å². The highest BCUT2D eigenvalue weighted by Gasteiger charge is 2.55. The Labute approximate surface area is 317 Å². The van der Waals surface area contributed by atoms with E-state index in [1.807, 2.05) is 98.8 Å². The Morgan fingerprint density at radius 1 is 0.873 bits per heavy atom. The van der Waals surface area contributed by atoms with Crippen molar-refractivity contribution in [1.82, 2.24) is 24.8 Å². The van der Waals surface area contributed by atoms with Gasteiger partial charge in [-0.1, -0.05) is 103 Å². The van der Waals surface area contributed by atoms with Crippen molar-refractivity contribution in [3.8, 4) is 11.5 Å². The van der Waals surface area contributed by atoms with Gasteiger partial charge in [-0.05, 0) is 50.5 Å². The maximum atomic E-state index is 14.2. The molecule has 5 heterocycles. The fourth-order valence-electron chi connectivity index (χ4n) is 7.58. The Kier molecular flexibility index (Phi) is 8.60. The van der Waals surface area contributed by atoms with Crippen molar-refractivity contribution < 1.29 is 28.5 Å². The molecule has 0 bridgehead atoms. The van der Waals surface area contributed by atoms with Crippen LogP contribution in [0.5, 0.6) is 11.5 Å². The minimum absolute atomic E-state index is 0.211. The fraction of sp³-hybridized carbons (Fsp3) is 0.256. The lowest BCUT2D eigenvalue weighted by molar-refractivity contribution is -0.191. The third kappa shape index (κ3) is 6.37. The number of nitrogens with two attached hydrogens (primary N) is 1. The molecule has 12 heteroatoms. The van der Waals surface area contributed by atoms with Crippen LogP contribution < -0.4 is 20.5 Å². The highest BCUT2D eigenvalue weighted by Crippen LogP contribution is 2.50. The number of ether oxygens (including phenoxy) is 5. The van der Waals surface area contributed by atoms with Gasteiger partial charge in [-0.3, -0.25) is 9.36 Å². The Hall–Kier alpha value is -6.08. The van der Waals surface area contributed by atoms with Crippen LogP contribution >= 0.6 is 0 Å². The first-order chi connectivity index (χ1) is 26.7.